The molecule has 0 saturated carbocycles. The molecular formula is C65H123NO3. The third-order valence-electron chi connectivity index (χ3n) is 14.5. The Morgan fingerprint density at radius 2 is 0.609 bits per heavy atom. The van der Waals surface area contributed by atoms with Gasteiger partial charge < -0.3 is 15.5 Å². The van der Waals surface area contributed by atoms with Crippen molar-refractivity contribution in [2.45, 2.75) is 353 Å². The molecule has 0 heterocycles. The van der Waals surface area contributed by atoms with Gasteiger partial charge in [0.15, 0.2) is 0 Å². The Hall–Kier alpha value is -1.65. The molecular weight excluding hydrogens is 843 g/mol. The molecule has 0 aromatic heterocycles. The van der Waals surface area contributed by atoms with Crippen LogP contribution in [0.15, 0.2) is 48.6 Å². The minimum absolute atomic E-state index is 0.0709. The minimum Gasteiger partial charge on any atom is -0.394 e. The molecule has 0 aliphatic carbocycles. The number of nitrogens with one attached hydrogen (secondary N) is 1. The van der Waals surface area contributed by atoms with Gasteiger partial charge in [0.25, 0.3) is 0 Å². The van der Waals surface area contributed by atoms with Crippen LogP contribution in [0.3, 0.4) is 0 Å². The highest BCUT2D eigenvalue weighted by Crippen LogP contribution is 2.18. The molecule has 0 saturated heterocycles. The van der Waals surface area contributed by atoms with E-state index < -0.39 is 12.1 Å². The fourth-order valence-electron chi connectivity index (χ4n) is 9.76. The first-order valence-corrected chi connectivity index (χ1v) is 31.4. The number of amides is 1. The van der Waals surface area contributed by atoms with Gasteiger partial charge in [-0.15, -0.1) is 0 Å². The number of allylic oxidation sites excluding steroid dienone is 7. The van der Waals surface area contributed by atoms with E-state index in [1.54, 1.807) is 6.08 Å². The first-order valence-electron chi connectivity index (χ1n) is 31.4. The van der Waals surface area contributed by atoms with Crippen LogP contribution < -0.4 is 5.32 Å². The fourth-order valence-corrected chi connectivity index (χ4v) is 9.76. The molecule has 0 radical (unpaired) electrons. The monoisotopic (exact) mass is 966 g/mol. The van der Waals surface area contributed by atoms with Gasteiger partial charge in [-0.1, -0.05) is 319 Å². The van der Waals surface area contributed by atoms with E-state index in [0.29, 0.717) is 6.42 Å². The molecule has 3 N–H and O–H groups in total. The second kappa shape index (κ2) is 60.7. The zero-order chi connectivity index (χ0) is 49.9. The van der Waals surface area contributed by atoms with E-state index in [9.17, 15) is 15.0 Å². The molecule has 69 heavy (non-hydrogen) atoms. The number of hydrogen-bond donors (Lipinski definition) is 3. The molecule has 0 aromatic rings. The molecule has 406 valence electrons. The molecule has 0 aliphatic heterocycles. The minimum atomic E-state index is -0.865. The summed E-state index contributed by atoms with van der Waals surface area (Å²) in [6.07, 6.45) is 84.5. The molecule has 1 amide bonds. The maximum Gasteiger partial charge on any atom is 0.220 e. The van der Waals surface area contributed by atoms with E-state index in [4.69, 9.17) is 0 Å². The zero-order valence-corrected chi connectivity index (χ0v) is 46.8. The molecule has 4 heteroatoms. The largest absolute Gasteiger partial charge is 0.394 e. The van der Waals surface area contributed by atoms with Crippen LogP contribution >= 0.6 is 0 Å². The predicted molar refractivity (Wildman–Crippen MR) is 308 cm³/mol. The summed E-state index contributed by atoms with van der Waals surface area (Å²) in [5, 5.41) is 23.2. The van der Waals surface area contributed by atoms with Gasteiger partial charge in [0.05, 0.1) is 18.8 Å². The second-order valence-electron chi connectivity index (χ2n) is 21.5. The van der Waals surface area contributed by atoms with Crippen LogP contribution in [0.4, 0.5) is 0 Å². The van der Waals surface area contributed by atoms with Gasteiger partial charge in [-0.25, -0.2) is 0 Å². The Morgan fingerprint density at radius 1 is 0.348 bits per heavy atom. The third kappa shape index (κ3) is 57.1. The van der Waals surface area contributed by atoms with Crippen LogP contribution in [0.2, 0.25) is 0 Å². The van der Waals surface area contributed by atoms with Gasteiger partial charge in [0.2, 0.25) is 5.91 Å². The van der Waals surface area contributed by atoms with Gasteiger partial charge in [0, 0.05) is 6.42 Å². The summed E-state index contributed by atoms with van der Waals surface area (Å²) in [4.78, 5) is 12.5. The van der Waals surface area contributed by atoms with E-state index in [1.165, 1.54) is 283 Å². The molecule has 4 nitrogen and oxygen atoms in total. The standard InChI is InChI=1S/C65H123NO3/c1-3-5-7-9-11-13-15-17-19-21-23-25-27-29-30-31-32-33-34-35-37-38-40-42-44-46-48-50-52-54-56-58-60-64(68)63(62-67)66-65(69)61-59-57-55-53-51-49-47-45-43-41-39-36-28-26-24-22-20-18-16-14-12-10-8-6-4-2/h16,18,22,24,50,52,58,60,63-64,67-68H,3-15,17,19-21,23,25-49,51,53-57,59,61-62H2,1-2H3,(H,66,69)/b18-16-,24-22-,52-50+,60-58+. The Morgan fingerprint density at radius 3 is 0.928 bits per heavy atom. The van der Waals surface area contributed by atoms with Crippen LogP contribution in [0.1, 0.15) is 341 Å². The van der Waals surface area contributed by atoms with Crippen molar-refractivity contribution in [1.29, 1.82) is 0 Å². The highest BCUT2D eigenvalue weighted by Gasteiger charge is 2.18. The zero-order valence-electron chi connectivity index (χ0n) is 46.8. The normalized spacial score (nSPS) is 13.0. The smallest absolute Gasteiger partial charge is 0.220 e. The Balaban J connectivity index is 3.49. The van der Waals surface area contributed by atoms with E-state index in [1.807, 2.05) is 6.08 Å². The summed E-state index contributed by atoms with van der Waals surface area (Å²) in [7, 11) is 0. The van der Waals surface area contributed by atoms with Crippen LogP contribution in [0, 0.1) is 0 Å². The first-order chi connectivity index (χ1) is 34.2. The molecule has 0 aliphatic rings. The number of carbonyl (C=O) groups excluding carboxylic acids is 1. The summed E-state index contributed by atoms with van der Waals surface area (Å²) in [6, 6.07) is -0.642. The number of hydrogen-bond acceptors (Lipinski definition) is 3. The lowest BCUT2D eigenvalue weighted by Gasteiger charge is -2.19. The average Bonchev–Trinajstić information content (AvgIpc) is 3.35. The van der Waals surface area contributed by atoms with Crippen molar-refractivity contribution in [2.75, 3.05) is 6.61 Å². The molecule has 0 bridgehead atoms. The Labute approximate surface area is 433 Å². The Kier molecular flexibility index (Phi) is 59.2. The SMILES string of the molecule is CCCCCCC/C=C\C/C=C\CCCCCCCCCCCCCCCC(=O)NC(CO)C(O)/C=C/CC/C=C/CCCCCCCCCCCCCCCCCCCCCCCCCCCC. The van der Waals surface area contributed by atoms with Crippen molar-refractivity contribution >= 4 is 5.91 Å². The van der Waals surface area contributed by atoms with Crippen molar-refractivity contribution in [3.8, 4) is 0 Å². The summed E-state index contributed by atoms with van der Waals surface area (Å²) < 4.78 is 0. The highest BCUT2D eigenvalue weighted by molar-refractivity contribution is 5.76. The highest BCUT2D eigenvalue weighted by atomic mass is 16.3. The number of unbranched alkanes of at least 4 members (excludes halogenated alkanes) is 45. The summed E-state index contributed by atoms with van der Waals surface area (Å²) in [5.41, 5.74) is 0. The fraction of sp³-hybridized carbons (Fsp3) is 0.862. The molecule has 0 spiro atoms. The van der Waals surface area contributed by atoms with Crippen LogP contribution in [-0.4, -0.2) is 34.9 Å². The van der Waals surface area contributed by atoms with Crippen molar-refractivity contribution in [3.05, 3.63) is 48.6 Å². The van der Waals surface area contributed by atoms with Crippen molar-refractivity contribution in [3.63, 3.8) is 0 Å². The van der Waals surface area contributed by atoms with Crippen molar-refractivity contribution < 1.29 is 15.0 Å². The van der Waals surface area contributed by atoms with E-state index in [0.717, 1.165) is 38.5 Å². The number of aliphatic hydroxyl groups is 2. The van der Waals surface area contributed by atoms with Gasteiger partial charge in [-0.05, 0) is 64.2 Å². The molecule has 0 fully saturated rings. The second-order valence-corrected chi connectivity index (χ2v) is 21.5. The number of aliphatic hydroxyl groups excluding tert-OH is 2. The lowest BCUT2D eigenvalue weighted by molar-refractivity contribution is -0.123. The average molecular weight is 967 g/mol. The van der Waals surface area contributed by atoms with Crippen LogP contribution in [-0.2, 0) is 4.79 Å². The summed E-state index contributed by atoms with van der Waals surface area (Å²) in [6.45, 7) is 4.32. The van der Waals surface area contributed by atoms with Crippen LogP contribution in [0.5, 0.6) is 0 Å². The first kappa shape index (κ1) is 67.3. The van der Waals surface area contributed by atoms with E-state index >= 15 is 0 Å². The van der Waals surface area contributed by atoms with Gasteiger partial charge in [-0.3, -0.25) is 4.79 Å². The van der Waals surface area contributed by atoms with Crippen molar-refractivity contribution in [2.24, 2.45) is 0 Å². The molecule has 2 unspecified atom stereocenters. The molecule has 0 rings (SSSR count). The van der Waals surface area contributed by atoms with Gasteiger partial charge in [-0.2, -0.15) is 0 Å². The third-order valence-corrected chi connectivity index (χ3v) is 14.5. The summed E-state index contributed by atoms with van der Waals surface area (Å²) in [5.74, 6) is -0.0709. The molecule has 2 atom stereocenters. The summed E-state index contributed by atoms with van der Waals surface area (Å²) >= 11 is 0. The maximum atomic E-state index is 12.5. The lowest BCUT2D eigenvalue weighted by Crippen LogP contribution is -2.45. The van der Waals surface area contributed by atoms with E-state index in [2.05, 4.69) is 55.6 Å². The lowest BCUT2D eigenvalue weighted by atomic mass is 10.0. The number of rotatable bonds is 58. The van der Waals surface area contributed by atoms with Gasteiger partial charge >= 0.3 is 0 Å². The predicted octanol–water partition coefficient (Wildman–Crippen LogP) is 21.0. The quantitative estimate of drug-likeness (QED) is 0.0420. The van der Waals surface area contributed by atoms with Crippen LogP contribution in [0.25, 0.3) is 0 Å². The van der Waals surface area contributed by atoms with E-state index in [-0.39, 0.29) is 12.5 Å². The number of carbonyl (C=O) groups is 1. The topological polar surface area (TPSA) is 69.6 Å². The molecule has 0 aromatic carbocycles. The Bertz CT molecular complexity index is 1090. The van der Waals surface area contributed by atoms with Crippen molar-refractivity contribution in [1.82, 2.24) is 5.32 Å². The van der Waals surface area contributed by atoms with Gasteiger partial charge in [0.1, 0.15) is 0 Å². The maximum absolute atomic E-state index is 12.5.